The van der Waals surface area contributed by atoms with E-state index in [2.05, 4.69) is 20.8 Å². The van der Waals surface area contributed by atoms with Crippen LogP contribution in [0.4, 0.5) is 4.79 Å². The molecule has 0 bridgehead atoms. The van der Waals surface area contributed by atoms with E-state index < -0.39 is 23.3 Å². The molecule has 1 aliphatic carbocycles. The summed E-state index contributed by atoms with van der Waals surface area (Å²) in [6.45, 7) is 14.7. The third kappa shape index (κ3) is 3.95. The van der Waals surface area contributed by atoms with Crippen LogP contribution in [0, 0.1) is 11.3 Å². The minimum Gasteiger partial charge on any atom is -0.457 e. The van der Waals surface area contributed by atoms with Gasteiger partial charge in [-0.25, -0.2) is 9.59 Å². The summed E-state index contributed by atoms with van der Waals surface area (Å²) >= 11 is 0. The summed E-state index contributed by atoms with van der Waals surface area (Å²) in [4.78, 5) is 26.9. The normalized spacial score (nSPS) is 31.9. The molecule has 0 N–H and O–H groups in total. The number of hydrogen-bond donors (Lipinski definition) is 0. The largest absolute Gasteiger partial charge is 0.457 e. The highest BCUT2D eigenvalue weighted by Gasteiger charge is 2.54. The first-order chi connectivity index (χ1) is 11.4. The Morgan fingerprint density at radius 2 is 1.80 bits per heavy atom. The van der Waals surface area contributed by atoms with Crippen LogP contribution in [-0.4, -0.2) is 40.8 Å². The summed E-state index contributed by atoms with van der Waals surface area (Å²) in [7, 11) is 0. The van der Waals surface area contributed by atoms with Gasteiger partial charge in [-0.05, 0) is 59.3 Å². The van der Waals surface area contributed by atoms with Gasteiger partial charge in [0.25, 0.3) is 0 Å². The highest BCUT2D eigenvalue weighted by atomic mass is 16.6. The lowest BCUT2D eigenvalue weighted by molar-refractivity contribution is -0.174. The van der Waals surface area contributed by atoms with Gasteiger partial charge in [-0.15, -0.1) is 0 Å². The van der Waals surface area contributed by atoms with Crippen molar-refractivity contribution in [2.24, 2.45) is 11.3 Å². The molecule has 1 amide bonds. The summed E-state index contributed by atoms with van der Waals surface area (Å²) in [5.74, 6) is 0.270. The standard InChI is InChI=1S/C20H35NO4/c1-8-14-11-12-20(7,19(14,5)6)24-16(22)15-10-9-13-21(15)17(23)25-18(2,3)4/h14-15H,8-13H2,1-7H3/t14?,15-,20?/m0/s1. The Kier molecular flexibility index (Phi) is 5.46. The summed E-state index contributed by atoms with van der Waals surface area (Å²) in [6.07, 6.45) is 4.07. The van der Waals surface area contributed by atoms with E-state index in [1.165, 1.54) is 4.90 Å². The van der Waals surface area contributed by atoms with Gasteiger partial charge in [-0.1, -0.05) is 27.2 Å². The second-order valence-electron chi connectivity index (χ2n) is 9.35. The summed E-state index contributed by atoms with van der Waals surface area (Å²) in [5.41, 5.74) is -1.11. The Bertz CT molecular complexity index is 522. The van der Waals surface area contributed by atoms with Gasteiger partial charge >= 0.3 is 12.1 Å². The van der Waals surface area contributed by atoms with Crippen LogP contribution in [0.15, 0.2) is 0 Å². The molecule has 1 aliphatic heterocycles. The lowest BCUT2D eigenvalue weighted by atomic mass is 9.72. The predicted octanol–water partition coefficient (Wildman–Crippen LogP) is 4.53. The highest BCUT2D eigenvalue weighted by Crippen LogP contribution is 2.53. The zero-order chi connectivity index (χ0) is 19.0. The van der Waals surface area contributed by atoms with Crippen molar-refractivity contribution in [1.29, 1.82) is 0 Å². The molecule has 0 spiro atoms. The average Bonchev–Trinajstić information content (AvgIpc) is 3.02. The monoisotopic (exact) mass is 353 g/mol. The van der Waals surface area contributed by atoms with E-state index in [1.54, 1.807) is 0 Å². The molecular formula is C20H35NO4. The van der Waals surface area contributed by atoms with E-state index in [0.717, 1.165) is 25.7 Å². The first-order valence-electron chi connectivity index (χ1n) is 9.64. The minimum atomic E-state index is -0.568. The molecule has 0 aromatic rings. The smallest absolute Gasteiger partial charge is 0.411 e. The molecular weight excluding hydrogens is 318 g/mol. The maximum atomic E-state index is 12.9. The Morgan fingerprint density at radius 3 is 2.32 bits per heavy atom. The van der Waals surface area contributed by atoms with Crippen molar-refractivity contribution in [2.45, 2.75) is 97.8 Å². The van der Waals surface area contributed by atoms with Crippen molar-refractivity contribution < 1.29 is 19.1 Å². The lowest BCUT2D eigenvalue weighted by Gasteiger charge is -2.41. The Morgan fingerprint density at radius 1 is 1.16 bits per heavy atom. The molecule has 1 saturated heterocycles. The van der Waals surface area contributed by atoms with Gasteiger partial charge in [0.05, 0.1) is 0 Å². The molecule has 25 heavy (non-hydrogen) atoms. The molecule has 2 fully saturated rings. The van der Waals surface area contributed by atoms with E-state index in [0.29, 0.717) is 18.9 Å². The molecule has 3 atom stereocenters. The van der Waals surface area contributed by atoms with Crippen LogP contribution in [0.25, 0.3) is 0 Å². The van der Waals surface area contributed by atoms with Gasteiger partial charge in [0.1, 0.15) is 17.2 Å². The minimum absolute atomic E-state index is 0.0627. The quantitative estimate of drug-likeness (QED) is 0.699. The fourth-order valence-corrected chi connectivity index (χ4v) is 4.30. The number of nitrogens with zero attached hydrogens (tertiary/aromatic N) is 1. The van der Waals surface area contributed by atoms with Crippen molar-refractivity contribution in [3.8, 4) is 0 Å². The molecule has 0 aromatic carbocycles. The highest BCUT2D eigenvalue weighted by molar-refractivity contribution is 5.82. The van der Waals surface area contributed by atoms with Crippen LogP contribution in [0.1, 0.15) is 80.6 Å². The molecule has 2 aliphatic rings. The van der Waals surface area contributed by atoms with E-state index in [-0.39, 0.29) is 11.4 Å². The topological polar surface area (TPSA) is 55.8 Å². The number of carbonyl (C=O) groups is 2. The summed E-state index contributed by atoms with van der Waals surface area (Å²) in [5, 5.41) is 0. The molecule has 1 saturated carbocycles. The molecule has 0 radical (unpaired) electrons. The van der Waals surface area contributed by atoms with E-state index >= 15 is 0 Å². The van der Waals surface area contributed by atoms with Crippen molar-refractivity contribution in [1.82, 2.24) is 4.90 Å². The average molecular weight is 354 g/mol. The molecule has 5 heteroatoms. The molecule has 2 unspecified atom stereocenters. The number of rotatable bonds is 3. The SMILES string of the molecule is CCC1CCC(C)(OC(=O)[C@@H]2CCCN2C(=O)OC(C)(C)C)C1(C)C. The number of amides is 1. The fourth-order valence-electron chi connectivity index (χ4n) is 4.30. The van der Waals surface area contributed by atoms with Crippen molar-refractivity contribution in [3.05, 3.63) is 0 Å². The van der Waals surface area contributed by atoms with E-state index in [4.69, 9.17) is 9.47 Å². The van der Waals surface area contributed by atoms with Crippen LogP contribution < -0.4 is 0 Å². The Hall–Kier alpha value is -1.26. The molecule has 0 aromatic heterocycles. The van der Waals surface area contributed by atoms with Crippen LogP contribution in [-0.2, 0) is 14.3 Å². The van der Waals surface area contributed by atoms with E-state index in [1.807, 2.05) is 27.7 Å². The number of hydrogen-bond acceptors (Lipinski definition) is 4. The third-order valence-electron chi connectivity index (χ3n) is 6.33. The van der Waals surface area contributed by atoms with Gasteiger partial charge in [0.2, 0.25) is 0 Å². The maximum Gasteiger partial charge on any atom is 0.411 e. The Balaban J connectivity index is 2.08. The van der Waals surface area contributed by atoms with Gasteiger partial charge < -0.3 is 9.47 Å². The predicted molar refractivity (Wildman–Crippen MR) is 97.3 cm³/mol. The summed E-state index contributed by atoms with van der Waals surface area (Å²) in [6, 6.07) is -0.525. The molecule has 144 valence electrons. The van der Waals surface area contributed by atoms with Gasteiger partial charge in [-0.2, -0.15) is 0 Å². The van der Waals surface area contributed by atoms with Gasteiger partial charge in [0, 0.05) is 12.0 Å². The van der Waals surface area contributed by atoms with Crippen molar-refractivity contribution in [3.63, 3.8) is 0 Å². The number of likely N-dealkylation sites (tertiary alicyclic amines) is 1. The third-order valence-corrected chi connectivity index (χ3v) is 6.33. The number of esters is 1. The van der Waals surface area contributed by atoms with Gasteiger partial charge in [-0.3, -0.25) is 4.90 Å². The van der Waals surface area contributed by atoms with Gasteiger partial charge in [0.15, 0.2) is 0 Å². The first kappa shape index (κ1) is 20.1. The zero-order valence-electron chi connectivity index (χ0n) is 17.0. The fraction of sp³-hybridized carbons (Fsp3) is 0.900. The Labute approximate surface area is 152 Å². The van der Waals surface area contributed by atoms with Crippen LogP contribution in [0.2, 0.25) is 0 Å². The zero-order valence-corrected chi connectivity index (χ0v) is 17.0. The lowest BCUT2D eigenvalue weighted by Crippen LogP contribution is -2.49. The van der Waals surface area contributed by atoms with Crippen LogP contribution in [0.5, 0.6) is 0 Å². The summed E-state index contributed by atoms with van der Waals surface area (Å²) < 4.78 is 11.5. The van der Waals surface area contributed by atoms with Crippen molar-refractivity contribution >= 4 is 12.1 Å². The molecule has 2 rings (SSSR count). The maximum absolute atomic E-state index is 12.9. The van der Waals surface area contributed by atoms with E-state index in [9.17, 15) is 9.59 Å². The second-order valence-corrected chi connectivity index (χ2v) is 9.35. The number of carbonyl (C=O) groups excluding carboxylic acids is 2. The second kappa shape index (κ2) is 6.81. The van der Waals surface area contributed by atoms with Crippen molar-refractivity contribution in [2.75, 3.05) is 6.54 Å². The first-order valence-corrected chi connectivity index (χ1v) is 9.64. The number of ether oxygens (including phenoxy) is 2. The van der Waals surface area contributed by atoms with Crippen LogP contribution in [0.3, 0.4) is 0 Å². The molecule has 1 heterocycles. The van der Waals surface area contributed by atoms with Crippen LogP contribution >= 0.6 is 0 Å². The molecule has 5 nitrogen and oxygen atoms in total.